The van der Waals surface area contributed by atoms with Gasteiger partial charge in [-0.25, -0.2) is 0 Å². The molecule has 0 aliphatic carbocycles. The largest absolute Gasteiger partial charge is 0.383 e. The van der Waals surface area contributed by atoms with Gasteiger partial charge in [-0.2, -0.15) is 5.10 Å². The summed E-state index contributed by atoms with van der Waals surface area (Å²) in [6.07, 6.45) is 2.20. The summed E-state index contributed by atoms with van der Waals surface area (Å²) >= 11 is 0. The molecule has 0 atom stereocenters. The molecule has 0 saturated heterocycles. The number of nitrogens with one attached hydrogen (secondary N) is 2. The van der Waals surface area contributed by atoms with Crippen molar-refractivity contribution < 1.29 is 4.74 Å². The van der Waals surface area contributed by atoms with E-state index < -0.39 is 0 Å². The number of aromatic amines is 1. The van der Waals surface area contributed by atoms with Crippen molar-refractivity contribution in [3.05, 3.63) is 17.5 Å². The summed E-state index contributed by atoms with van der Waals surface area (Å²) in [5.41, 5.74) is 2.36. The second-order valence-corrected chi connectivity index (χ2v) is 4.62. The number of rotatable bonds is 10. The summed E-state index contributed by atoms with van der Waals surface area (Å²) < 4.78 is 4.98. The van der Waals surface area contributed by atoms with Crippen LogP contribution in [0.2, 0.25) is 0 Å². The Labute approximate surface area is 110 Å². The van der Waals surface area contributed by atoms with Gasteiger partial charge in [0.15, 0.2) is 0 Å². The van der Waals surface area contributed by atoms with Gasteiger partial charge in [-0.15, -0.1) is 0 Å². The van der Waals surface area contributed by atoms with Crippen molar-refractivity contribution in [3.63, 3.8) is 0 Å². The molecule has 0 spiro atoms. The lowest BCUT2D eigenvalue weighted by Crippen LogP contribution is -2.30. The molecule has 5 nitrogen and oxygen atoms in total. The van der Waals surface area contributed by atoms with Crippen LogP contribution in [-0.2, 0) is 17.7 Å². The number of aryl methyl sites for hydroxylation is 1. The molecule has 0 amide bonds. The number of nitrogens with zero attached hydrogens (tertiary/aromatic N) is 2. The number of likely N-dealkylation sites (N-methyl/N-ethyl adjacent to an activating group) is 1. The van der Waals surface area contributed by atoms with Gasteiger partial charge >= 0.3 is 0 Å². The van der Waals surface area contributed by atoms with Crippen LogP contribution < -0.4 is 5.32 Å². The lowest BCUT2D eigenvalue weighted by atomic mass is 10.2. The minimum absolute atomic E-state index is 0.768. The van der Waals surface area contributed by atoms with Crippen molar-refractivity contribution in [1.82, 2.24) is 20.4 Å². The quantitative estimate of drug-likeness (QED) is 0.612. The number of hydrogen-bond donors (Lipinski definition) is 2. The Morgan fingerprint density at radius 1 is 1.44 bits per heavy atom. The van der Waals surface area contributed by atoms with Gasteiger partial charge in [0, 0.05) is 39.0 Å². The maximum absolute atomic E-state index is 4.98. The fourth-order valence-electron chi connectivity index (χ4n) is 1.81. The zero-order valence-corrected chi connectivity index (χ0v) is 11.8. The number of methoxy groups -OCH3 is 1. The van der Waals surface area contributed by atoms with E-state index in [9.17, 15) is 0 Å². The molecule has 1 heterocycles. The first-order chi connectivity index (χ1) is 8.76. The Morgan fingerprint density at radius 3 is 3.00 bits per heavy atom. The summed E-state index contributed by atoms with van der Waals surface area (Å²) in [5.74, 6) is 0. The Morgan fingerprint density at radius 2 is 2.28 bits per heavy atom. The van der Waals surface area contributed by atoms with E-state index in [1.54, 1.807) is 7.11 Å². The predicted octanol–water partition coefficient (Wildman–Crippen LogP) is 1.03. The molecule has 0 aliphatic heterocycles. The highest BCUT2D eigenvalue weighted by Crippen LogP contribution is 2.04. The average molecular weight is 254 g/mol. The molecule has 1 aromatic rings. The number of ether oxygens (including phenoxy) is 1. The zero-order chi connectivity index (χ0) is 13.2. The Balaban J connectivity index is 2.16. The van der Waals surface area contributed by atoms with Crippen LogP contribution in [0, 0.1) is 0 Å². The van der Waals surface area contributed by atoms with E-state index in [0.29, 0.717) is 0 Å². The van der Waals surface area contributed by atoms with Crippen molar-refractivity contribution in [3.8, 4) is 0 Å². The Hall–Kier alpha value is -0.910. The second kappa shape index (κ2) is 9.08. The third-order valence-electron chi connectivity index (χ3n) is 2.78. The van der Waals surface area contributed by atoms with E-state index in [1.807, 2.05) is 0 Å². The molecule has 0 aromatic carbocycles. The van der Waals surface area contributed by atoms with Gasteiger partial charge in [0.25, 0.3) is 0 Å². The summed E-state index contributed by atoms with van der Waals surface area (Å²) in [6.45, 7) is 6.77. The summed E-state index contributed by atoms with van der Waals surface area (Å²) in [4.78, 5) is 2.28. The van der Waals surface area contributed by atoms with E-state index >= 15 is 0 Å². The van der Waals surface area contributed by atoms with Crippen LogP contribution in [-0.4, -0.2) is 55.5 Å². The smallest absolute Gasteiger partial charge is 0.0625 e. The van der Waals surface area contributed by atoms with Crippen LogP contribution in [0.1, 0.15) is 24.7 Å². The third-order valence-corrected chi connectivity index (χ3v) is 2.78. The van der Waals surface area contributed by atoms with Crippen molar-refractivity contribution in [1.29, 1.82) is 0 Å². The number of H-pyrrole nitrogens is 1. The van der Waals surface area contributed by atoms with E-state index in [2.05, 4.69) is 40.5 Å². The lowest BCUT2D eigenvalue weighted by molar-refractivity contribution is 0.197. The molecule has 2 N–H and O–H groups in total. The van der Waals surface area contributed by atoms with Gasteiger partial charge in [0.1, 0.15) is 0 Å². The second-order valence-electron chi connectivity index (χ2n) is 4.62. The van der Waals surface area contributed by atoms with E-state index in [1.165, 1.54) is 11.4 Å². The van der Waals surface area contributed by atoms with Crippen LogP contribution in [0.15, 0.2) is 6.07 Å². The molecule has 104 valence electrons. The minimum atomic E-state index is 0.768. The SMILES string of the molecule is CCCc1cc(CN(C)CCNCCOC)[nH]n1. The molecule has 5 heteroatoms. The highest BCUT2D eigenvalue weighted by molar-refractivity contribution is 5.08. The molecule has 0 bridgehead atoms. The maximum atomic E-state index is 4.98. The lowest BCUT2D eigenvalue weighted by Gasteiger charge is -2.15. The molecule has 0 saturated carbocycles. The normalized spacial score (nSPS) is 11.3. The summed E-state index contributed by atoms with van der Waals surface area (Å²) in [5, 5.41) is 10.7. The Bertz CT molecular complexity index is 314. The van der Waals surface area contributed by atoms with Crippen molar-refractivity contribution in [2.45, 2.75) is 26.3 Å². The first kappa shape index (κ1) is 15.1. The van der Waals surface area contributed by atoms with Crippen LogP contribution in [0.3, 0.4) is 0 Å². The third kappa shape index (κ3) is 6.14. The van der Waals surface area contributed by atoms with Crippen LogP contribution in [0.5, 0.6) is 0 Å². The average Bonchev–Trinajstić information content (AvgIpc) is 2.77. The first-order valence-electron chi connectivity index (χ1n) is 6.67. The monoisotopic (exact) mass is 254 g/mol. The first-order valence-corrected chi connectivity index (χ1v) is 6.67. The highest BCUT2D eigenvalue weighted by Gasteiger charge is 2.03. The summed E-state index contributed by atoms with van der Waals surface area (Å²) in [7, 11) is 3.85. The molecule has 1 aromatic heterocycles. The topological polar surface area (TPSA) is 53.2 Å². The molecule has 0 fully saturated rings. The van der Waals surface area contributed by atoms with Crippen LogP contribution in [0.4, 0.5) is 0 Å². The highest BCUT2D eigenvalue weighted by atomic mass is 16.5. The van der Waals surface area contributed by atoms with Gasteiger partial charge in [-0.1, -0.05) is 13.3 Å². The molecule has 1 rings (SSSR count). The van der Waals surface area contributed by atoms with Crippen molar-refractivity contribution in [2.75, 3.05) is 40.4 Å². The standard InChI is InChI=1S/C13H26N4O/c1-4-5-12-10-13(16-15-12)11-17(2)8-6-14-7-9-18-3/h10,14H,4-9,11H2,1-3H3,(H,15,16). The molecule has 0 unspecified atom stereocenters. The minimum Gasteiger partial charge on any atom is -0.383 e. The van der Waals surface area contributed by atoms with Crippen LogP contribution in [0.25, 0.3) is 0 Å². The van der Waals surface area contributed by atoms with Gasteiger partial charge in [-0.05, 0) is 19.5 Å². The van der Waals surface area contributed by atoms with Gasteiger partial charge in [0.2, 0.25) is 0 Å². The van der Waals surface area contributed by atoms with Gasteiger partial charge < -0.3 is 10.1 Å². The predicted molar refractivity (Wildman–Crippen MR) is 73.7 cm³/mol. The van der Waals surface area contributed by atoms with E-state index in [-0.39, 0.29) is 0 Å². The fraction of sp³-hybridized carbons (Fsp3) is 0.769. The van der Waals surface area contributed by atoms with E-state index in [0.717, 1.165) is 45.6 Å². The number of aromatic nitrogens is 2. The zero-order valence-electron chi connectivity index (χ0n) is 11.8. The van der Waals surface area contributed by atoms with Gasteiger partial charge in [0.05, 0.1) is 12.3 Å². The molecule has 0 aliphatic rings. The molecular weight excluding hydrogens is 228 g/mol. The van der Waals surface area contributed by atoms with Crippen molar-refractivity contribution in [2.24, 2.45) is 0 Å². The summed E-state index contributed by atoms with van der Waals surface area (Å²) in [6, 6.07) is 2.17. The van der Waals surface area contributed by atoms with Crippen molar-refractivity contribution >= 4 is 0 Å². The number of hydrogen-bond acceptors (Lipinski definition) is 4. The Kier molecular flexibility index (Phi) is 7.64. The molecule has 18 heavy (non-hydrogen) atoms. The van der Waals surface area contributed by atoms with Crippen LogP contribution >= 0.6 is 0 Å². The fourth-order valence-corrected chi connectivity index (χ4v) is 1.81. The molecular formula is C13H26N4O. The van der Waals surface area contributed by atoms with E-state index in [4.69, 9.17) is 4.74 Å². The maximum Gasteiger partial charge on any atom is 0.0625 e. The van der Waals surface area contributed by atoms with Gasteiger partial charge in [-0.3, -0.25) is 10.00 Å². The molecule has 0 radical (unpaired) electrons.